The minimum absolute atomic E-state index is 0.242. The predicted octanol–water partition coefficient (Wildman–Crippen LogP) is 1.93. The van der Waals surface area contributed by atoms with Crippen molar-refractivity contribution in [3.63, 3.8) is 0 Å². The Hall–Kier alpha value is -1.20. The van der Waals surface area contributed by atoms with E-state index in [9.17, 15) is 0 Å². The van der Waals surface area contributed by atoms with Crippen molar-refractivity contribution in [2.75, 3.05) is 25.0 Å². The lowest BCUT2D eigenvalue weighted by molar-refractivity contribution is -0.00530. The van der Waals surface area contributed by atoms with Crippen LogP contribution in [0.15, 0.2) is 6.20 Å². The molecule has 20 heavy (non-hydrogen) atoms. The smallest absolute Gasteiger partial charge is 0.131 e. The number of rotatable bonds is 4. The molecule has 112 valence electrons. The number of hydrogen-bond acceptors (Lipinski definition) is 5. The highest BCUT2D eigenvalue weighted by Gasteiger charge is 2.25. The fourth-order valence-electron chi connectivity index (χ4n) is 2.64. The maximum atomic E-state index is 5.80. The summed E-state index contributed by atoms with van der Waals surface area (Å²) in [7, 11) is 1.95. The van der Waals surface area contributed by atoms with Crippen LogP contribution >= 0.6 is 0 Å². The number of nitrogens with one attached hydrogen (secondary N) is 1. The molecule has 0 amide bonds. The van der Waals surface area contributed by atoms with Crippen molar-refractivity contribution in [1.82, 2.24) is 15.3 Å². The van der Waals surface area contributed by atoms with E-state index in [0.29, 0.717) is 5.92 Å². The first-order valence-electron chi connectivity index (χ1n) is 7.42. The molecule has 2 heterocycles. The Labute approximate surface area is 121 Å². The highest BCUT2D eigenvalue weighted by atomic mass is 16.5. The van der Waals surface area contributed by atoms with Crippen LogP contribution in [0.5, 0.6) is 0 Å². The van der Waals surface area contributed by atoms with Crippen LogP contribution in [0.4, 0.5) is 5.69 Å². The highest BCUT2D eigenvalue weighted by molar-refractivity contribution is 5.50. The molecule has 0 saturated carbocycles. The van der Waals surface area contributed by atoms with E-state index in [0.717, 1.165) is 36.8 Å². The summed E-state index contributed by atoms with van der Waals surface area (Å²) in [5, 5.41) is 3.20. The van der Waals surface area contributed by atoms with Crippen molar-refractivity contribution in [3.05, 3.63) is 17.7 Å². The van der Waals surface area contributed by atoms with Crippen LogP contribution in [0.25, 0.3) is 0 Å². The van der Waals surface area contributed by atoms with Gasteiger partial charge in [0.2, 0.25) is 0 Å². The third-order valence-electron chi connectivity index (χ3n) is 3.49. The van der Waals surface area contributed by atoms with Gasteiger partial charge in [0.15, 0.2) is 0 Å². The van der Waals surface area contributed by atoms with Gasteiger partial charge in [-0.15, -0.1) is 0 Å². The van der Waals surface area contributed by atoms with E-state index in [1.165, 1.54) is 0 Å². The SMILES string of the molecule is CNCc1nc(C(C)C)ncc1N1C[C@@H](C)O[C@@H](C)C1. The second kappa shape index (κ2) is 6.50. The molecule has 0 spiro atoms. The second-order valence-electron chi connectivity index (χ2n) is 5.91. The number of aromatic nitrogens is 2. The molecular weight excluding hydrogens is 252 g/mol. The lowest BCUT2D eigenvalue weighted by Gasteiger charge is -2.37. The molecule has 2 atom stereocenters. The fraction of sp³-hybridized carbons (Fsp3) is 0.733. The first kappa shape index (κ1) is 15.2. The highest BCUT2D eigenvalue weighted by Crippen LogP contribution is 2.24. The summed E-state index contributed by atoms with van der Waals surface area (Å²) >= 11 is 0. The standard InChI is InChI=1S/C15H26N4O/c1-10(2)15-17-7-14(13(18-15)6-16-5)19-8-11(3)20-12(4)9-19/h7,10-12,16H,6,8-9H2,1-5H3/t11-,12+. The van der Waals surface area contributed by atoms with E-state index in [2.05, 4.69) is 42.9 Å². The average Bonchev–Trinajstić information content (AvgIpc) is 2.37. The maximum absolute atomic E-state index is 5.80. The largest absolute Gasteiger partial charge is 0.372 e. The zero-order chi connectivity index (χ0) is 14.7. The van der Waals surface area contributed by atoms with Crippen molar-refractivity contribution >= 4 is 5.69 Å². The number of anilines is 1. The molecule has 0 bridgehead atoms. The van der Waals surface area contributed by atoms with Gasteiger partial charge in [-0.3, -0.25) is 0 Å². The molecule has 5 nitrogen and oxygen atoms in total. The van der Waals surface area contributed by atoms with Crippen molar-refractivity contribution < 1.29 is 4.74 Å². The molecule has 1 saturated heterocycles. The van der Waals surface area contributed by atoms with E-state index in [-0.39, 0.29) is 12.2 Å². The number of hydrogen-bond donors (Lipinski definition) is 1. The molecule has 1 N–H and O–H groups in total. The second-order valence-corrected chi connectivity index (χ2v) is 5.91. The van der Waals surface area contributed by atoms with Gasteiger partial charge in [-0.25, -0.2) is 9.97 Å². The molecular formula is C15H26N4O. The molecule has 1 aliphatic rings. The van der Waals surface area contributed by atoms with E-state index >= 15 is 0 Å². The molecule has 0 aromatic carbocycles. The summed E-state index contributed by atoms with van der Waals surface area (Å²) in [6, 6.07) is 0. The van der Waals surface area contributed by atoms with E-state index in [4.69, 9.17) is 9.72 Å². The van der Waals surface area contributed by atoms with E-state index in [1.807, 2.05) is 13.2 Å². The van der Waals surface area contributed by atoms with Gasteiger partial charge < -0.3 is 15.0 Å². The van der Waals surface area contributed by atoms with Gasteiger partial charge in [0.1, 0.15) is 5.82 Å². The quantitative estimate of drug-likeness (QED) is 0.912. The zero-order valence-electron chi connectivity index (χ0n) is 13.2. The van der Waals surface area contributed by atoms with Gasteiger partial charge in [-0.05, 0) is 20.9 Å². The average molecular weight is 278 g/mol. The van der Waals surface area contributed by atoms with Crippen LogP contribution < -0.4 is 10.2 Å². The van der Waals surface area contributed by atoms with Crippen molar-refractivity contribution in [3.8, 4) is 0 Å². The Kier molecular flexibility index (Phi) is 4.94. The van der Waals surface area contributed by atoms with Gasteiger partial charge in [0, 0.05) is 25.6 Å². The predicted molar refractivity (Wildman–Crippen MR) is 81.1 cm³/mol. The Balaban J connectivity index is 2.29. The van der Waals surface area contributed by atoms with Crippen LogP contribution in [0.1, 0.15) is 45.1 Å². The molecule has 1 aromatic rings. The Bertz CT molecular complexity index is 439. The monoisotopic (exact) mass is 278 g/mol. The maximum Gasteiger partial charge on any atom is 0.131 e. The summed E-state index contributed by atoms with van der Waals surface area (Å²) in [5.41, 5.74) is 2.21. The minimum Gasteiger partial charge on any atom is -0.372 e. The van der Waals surface area contributed by atoms with Gasteiger partial charge in [-0.1, -0.05) is 13.8 Å². The van der Waals surface area contributed by atoms with Gasteiger partial charge in [-0.2, -0.15) is 0 Å². The van der Waals surface area contributed by atoms with Gasteiger partial charge in [0.05, 0.1) is 29.8 Å². The van der Waals surface area contributed by atoms with Crippen molar-refractivity contribution in [2.24, 2.45) is 0 Å². The molecule has 5 heteroatoms. The lowest BCUT2D eigenvalue weighted by Crippen LogP contribution is -2.46. The fourth-order valence-corrected chi connectivity index (χ4v) is 2.64. The summed E-state index contributed by atoms with van der Waals surface area (Å²) in [6.45, 7) is 11.0. The molecule has 0 unspecified atom stereocenters. The molecule has 0 radical (unpaired) electrons. The van der Waals surface area contributed by atoms with Crippen molar-refractivity contribution in [2.45, 2.75) is 52.4 Å². The topological polar surface area (TPSA) is 50.3 Å². The molecule has 1 aromatic heterocycles. The number of nitrogens with zero attached hydrogens (tertiary/aromatic N) is 3. The minimum atomic E-state index is 0.242. The van der Waals surface area contributed by atoms with E-state index < -0.39 is 0 Å². The molecule has 0 aliphatic carbocycles. The molecule has 1 aliphatic heterocycles. The third-order valence-corrected chi connectivity index (χ3v) is 3.49. The van der Waals surface area contributed by atoms with Crippen LogP contribution in [0.2, 0.25) is 0 Å². The summed E-state index contributed by atoms with van der Waals surface area (Å²) in [6.07, 6.45) is 2.46. The Morgan fingerprint density at radius 3 is 2.55 bits per heavy atom. The Morgan fingerprint density at radius 2 is 2.00 bits per heavy atom. The van der Waals surface area contributed by atoms with Crippen molar-refractivity contribution in [1.29, 1.82) is 0 Å². The first-order chi connectivity index (χ1) is 9.51. The normalized spacial score (nSPS) is 23.4. The summed E-state index contributed by atoms with van der Waals surface area (Å²) in [4.78, 5) is 11.6. The van der Waals surface area contributed by atoms with Crippen LogP contribution in [0.3, 0.4) is 0 Å². The number of morpholine rings is 1. The van der Waals surface area contributed by atoms with Gasteiger partial charge in [0.25, 0.3) is 0 Å². The Morgan fingerprint density at radius 1 is 1.35 bits per heavy atom. The van der Waals surface area contributed by atoms with Crippen LogP contribution in [-0.4, -0.2) is 42.3 Å². The number of ether oxygens (including phenoxy) is 1. The molecule has 2 rings (SSSR count). The summed E-state index contributed by atoms with van der Waals surface area (Å²) in [5.74, 6) is 1.26. The lowest BCUT2D eigenvalue weighted by atomic mass is 10.1. The van der Waals surface area contributed by atoms with Crippen LogP contribution in [-0.2, 0) is 11.3 Å². The van der Waals surface area contributed by atoms with E-state index in [1.54, 1.807) is 0 Å². The van der Waals surface area contributed by atoms with Gasteiger partial charge >= 0.3 is 0 Å². The zero-order valence-corrected chi connectivity index (χ0v) is 13.2. The molecule has 1 fully saturated rings. The van der Waals surface area contributed by atoms with Crippen LogP contribution in [0, 0.1) is 0 Å². The third kappa shape index (κ3) is 3.46. The first-order valence-corrected chi connectivity index (χ1v) is 7.42. The summed E-state index contributed by atoms with van der Waals surface area (Å²) < 4.78 is 5.80.